The molecule has 4 aromatic rings. The Morgan fingerprint density at radius 2 is 0.922 bits per heavy atom. The molecule has 0 aliphatic carbocycles. The van der Waals surface area contributed by atoms with Crippen LogP contribution in [0.2, 0.25) is 0 Å². The van der Waals surface area contributed by atoms with Gasteiger partial charge >= 0.3 is 5.97 Å². The van der Waals surface area contributed by atoms with Crippen molar-refractivity contribution in [1.29, 1.82) is 0 Å². The van der Waals surface area contributed by atoms with Gasteiger partial charge in [0.2, 0.25) is 0 Å². The van der Waals surface area contributed by atoms with Crippen LogP contribution < -0.4 is 14.2 Å². The van der Waals surface area contributed by atoms with Gasteiger partial charge in [-0.2, -0.15) is 0 Å². The topological polar surface area (TPSA) is 128 Å². The standard InChI is InChI=1S/C50H62O13S/c1-31-48(61-34(4)51)42(55-28-35-13-19-38(52-5)20-14-35)25-45(58-31)62-49-32(2)59-46(26-43(49)56-29-36-15-21-39(53-6)22-16-36)63-50-33(3)60-47(64-41-11-9-8-10-12-41)27-44(50)57-30-37-17-23-40(54-7)24-18-37/h8-24,31-33,42-50H,25-30H2,1-7H3/t31-,32-,33-,42-,43-,44-,45-,46-,47-,48+,49+,50+/m0/s1. The van der Waals surface area contributed by atoms with Crippen molar-refractivity contribution in [3.63, 3.8) is 0 Å². The third-order valence-electron chi connectivity index (χ3n) is 11.7. The quantitative estimate of drug-likeness (QED) is 0.0833. The minimum Gasteiger partial charge on any atom is -0.497 e. The molecule has 64 heavy (non-hydrogen) atoms. The van der Waals surface area contributed by atoms with Gasteiger partial charge in [0, 0.05) is 31.1 Å². The van der Waals surface area contributed by atoms with Crippen molar-refractivity contribution in [2.75, 3.05) is 21.3 Å². The summed E-state index contributed by atoms with van der Waals surface area (Å²) >= 11 is 1.68. The van der Waals surface area contributed by atoms with E-state index in [1.807, 2.05) is 112 Å². The third kappa shape index (κ3) is 13.2. The van der Waals surface area contributed by atoms with Crippen molar-refractivity contribution in [2.45, 2.75) is 145 Å². The first-order valence-corrected chi connectivity index (χ1v) is 22.8. The molecule has 0 saturated carbocycles. The Morgan fingerprint density at radius 3 is 1.34 bits per heavy atom. The highest BCUT2D eigenvalue weighted by molar-refractivity contribution is 7.99. The predicted molar refractivity (Wildman–Crippen MR) is 239 cm³/mol. The Kier molecular flexibility index (Phi) is 17.4. The summed E-state index contributed by atoms with van der Waals surface area (Å²) in [4.78, 5) is 13.4. The Bertz CT molecular complexity index is 2000. The Hall–Kier alpha value is -4.22. The summed E-state index contributed by atoms with van der Waals surface area (Å²) in [6.45, 7) is 8.23. The van der Waals surface area contributed by atoms with Gasteiger partial charge in [-0.15, -0.1) is 0 Å². The molecule has 3 heterocycles. The predicted octanol–water partition coefficient (Wildman–Crippen LogP) is 8.67. The maximum Gasteiger partial charge on any atom is 0.303 e. The fourth-order valence-corrected chi connectivity index (χ4v) is 9.41. The van der Waals surface area contributed by atoms with Gasteiger partial charge in [-0.05, 0) is 86.0 Å². The number of esters is 1. The lowest BCUT2D eigenvalue weighted by molar-refractivity contribution is -0.333. The number of hydrogen-bond donors (Lipinski definition) is 0. The lowest BCUT2D eigenvalue weighted by Crippen LogP contribution is -2.57. The lowest BCUT2D eigenvalue weighted by atomic mass is 9.99. The fourth-order valence-electron chi connectivity index (χ4n) is 8.27. The van der Waals surface area contributed by atoms with Gasteiger partial charge in [0.15, 0.2) is 18.7 Å². The van der Waals surface area contributed by atoms with Gasteiger partial charge in [0.1, 0.15) is 41.0 Å². The van der Waals surface area contributed by atoms with E-state index in [-0.39, 0.29) is 17.6 Å². The van der Waals surface area contributed by atoms with Crippen LogP contribution in [-0.2, 0) is 67.2 Å². The van der Waals surface area contributed by atoms with E-state index in [0.717, 1.165) is 38.8 Å². The third-order valence-corrected chi connectivity index (χ3v) is 12.8. The molecule has 346 valence electrons. The summed E-state index contributed by atoms with van der Waals surface area (Å²) in [5.41, 5.74) is 2.79. The molecule has 0 radical (unpaired) electrons. The summed E-state index contributed by atoms with van der Waals surface area (Å²) in [7, 11) is 4.93. The van der Waals surface area contributed by atoms with Crippen LogP contribution in [0, 0.1) is 0 Å². The minimum atomic E-state index is -0.718. The summed E-state index contributed by atoms with van der Waals surface area (Å²) in [6.07, 6.45) is -4.39. The number of benzene rings is 4. The zero-order valence-electron chi connectivity index (χ0n) is 37.7. The van der Waals surface area contributed by atoms with Crippen molar-refractivity contribution in [2.24, 2.45) is 0 Å². The molecule has 3 fully saturated rings. The molecule has 3 saturated heterocycles. The second-order valence-corrected chi connectivity index (χ2v) is 17.6. The minimum absolute atomic E-state index is 0.148. The van der Waals surface area contributed by atoms with E-state index >= 15 is 0 Å². The van der Waals surface area contributed by atoms with Gasteiger partial charge in [-0.25, -0.2) is 0 Å². The second-order valence-electron chi connectivity index (χ2n) is 16.3. The number of carbonyl (C=O) groups excluding carboxylic acids is 1. The summed E-state index contributed by atoms with van der Waals surface area (Å²) in [5.74, 6) is 1.88. The molecule has 3 aliphatic rings. The lowest BCUT2D eigenvalue weighted by Gasteiger charge is -2.46. The smallest absolute Gasteiger partial charge is 0.303 e. The SMILES string of the molecule is COc1ccc(CO[C@H]2C[C@H](O[C@@H]3[C@H](C)O[C@@H](O[C@@H]4[C@H](C)O[C@@H](Sc5ccccc5)C[C@@H]4OCc4ccc(OC)cc4)C[C@@H]3OCc3ccc(OC)cc3)O[C@@H](C)[C@H]2OC(C)=O)cc1. The average Bonchev–Trinajstić information content (AvgIpc) is 3.30. The molecule has 14 heteroatoms. The molecule has 12 atom stereocenters. The van der Waals surface area contributed by atoms with Crippen molar-refractivity contribution in [1.82, 2.24) is 0 Å². The van der Waals surface area contributed by atoms with Gasteiger partial charge in [-0.1, -0.05) is 66.4 Å². The number of rotatable bonds is 19. The first kappa shape index (κ1) is 47.7. The van der Waals surface area contributed by atoms with Crippen molar-refractivity contribution in [3.8, 4) is 17.2 Å². The zero-order valence-corrected chi connectivity index (χ0v) is 38.5. The first-order chi connectivity index (χ1) is 31.1. The van der Waals surface area contributed by atoms with E-state index < -0.39 is 61.3 Å². The average molecular weight is 903 g/mol. The normalized spacial score (nSPS) is 29.4. The van der Waals surface area contributed by atoms with Crippen LogP contribution >= 0.6 is 11.8 Å². The maximum atomic E-state index is 12.2. The molecule has 0 N–H and O–H groups in total. The van der Waals surface area contributed by atoms with Crippen LogP contribution in [0.5, 0.6) is 17.2 Å². The van der Waals surface area contributed by atoms with Crippen LogP contribution in [-0.4, -0.2) is 100 Å². The molecule has 0 bridgehead atoms. The highest BCUT2D eigenvalue weighted by Gasteiger charge is 2.47. The van der Waals surface area contributed by atoms with Crippen molar-refractivity contribution < 1.29 is 61.6 Å². The molecule has 13 nitrogen and oxygen atoms in total. The largest absolute Gasteiger partial charge is 0.497 e. The van der Waals surface area contributed by atoms with Crippen LogP contribution in [0.4, 0.5) is 0 Å². The molecular weight excluding hydrogens is 841 g/mol. The van der Waals surface area contributed by atoms with E-state index in [1.165, 1.54) is 6.92 Å². The van der Waals surface area contributed by atoms with E-state index in [4.69, 9.17) is 56.8 Å². The van der Waals surface area contributed by atoms with Gasteiger partial charge in [-0.3, -0.25) is 4.79 Å². The monoisotopic (exact) mass is 902 g/mol. The highest BCUT2D eigenvalue weighted by atomic mass is 32.2. The van der Waals surface area contributed by atoms with Gasteiger partial charge in [0.05, 0.1) is 71.7 Å². The molecule has 0 unspecified atom stereocenters. The van der Waals surface area contributed by atoms with Crippen LogP contribution in [0.15, 0.2) is 108 Å². The summed E-state index contributed by atoms with van der Waals surface area (Å²) in [5, 5.41) is 0. The van der Waals surface area contributed by atoms with Gasteiger partial charge in [0.25, 0.3) is 0 Å². The first-order valence-electron chi connectivity index (χ1n) is 22.0. The highest BCUT2D eigenvalue weighted by Crippen LogP contribution is 2.38. The van der Waals surface area contributed by atoms with Crippen molar-refractivity contribution in [3.05, 3.63) is 120 Å². The maximum absolute atomic E-state index is 12.2. The van der Waals surface area contributed by atoms with Crippen LogP contribution in [0.25, 0.3) is 0 Å². The van der Waals surface area contributed by atoms with E-state index in [9.17, 15) is 4.79 Å². The number of hydrogen-bond acceptors (Lipinski definition) is 14. The van der Waals surface area contributed by atoms with E-state index in [1.54, 1.807) is 33.1 Å². The molecule has 7 rings (SSSR count). The summed E-state index contributed by atoms with van der Waals surface area (Å²) < 4.78 is 75.2. The molecule has 0 spiro atoms. The number of methoxy groups -OCH3 is 3. The second kappa shape index (κ2) is 23.3. The van der Waals surface area contributed by atoms with Gasteiger partial charge < -0.3 is 56.8 Å². The van der Waals surface area contributed by atoms with E-state index in [2.05, 4.69) is 12.1 Å². The number of carbonyl (C=O) groups is 1. The Balaban J connectivity index is 1.07. The van der Waals surface area contributed by atoms with E-state index in [0.29, 0.717) is 39.1 Å². The fraction of sp³-hybridized carbons (Fsp3) is 0.500. The summed E-state index contributed by atoms with van der Waals surface area (Å²) in [6, 6.07) is 33.5. The molecular formula is C50H62O13S. The molecule has 3 aliphatic heterocycles. The van der Waals surface area contributed by atoms with Crippen molar-refractivity contribution >= 4 is 17.7 Å². The van der Waals surface area contributed by atoms with Crippen LogP contribution in [0.1, 0.15) is 63.6 Å². The Labute approximate surface area is 381 Å². The molecule has 0 aromatic heterocycles. The number of ether oxygens (including phenoxy) is 12. The molecule has 4 aromatic carbocycles. The van der Waals surface area contributed by atoms with Crippen LogP contribution in [0.3, 0.4) is 0 Å². The zero-order chi connectivity index (χ0) is 45.0. The number of thioether (sulfide) groups is 1. The Morgan fingerprint density at radius 1 is 0.531 bits per heavy atom. The molecule has 0 amide bonds.